The monoisotopic (exact) mass is 263 g/mol. The molecule has 0 aliphatic rings. The fourth-order valence-corrected chi connectivity index (χ4v) is 2.98. The van der Waals surface area contributed by atoms with Crippen LogP contribution in [0.25, 0.3) is 0 Å². The highest BCUT2D eigenvalue weighted by atomic mass is 32.2. The molecule has 0 unspecified atom stereocenters. The number of rotatable bonds is 12. The minimum Gasteiger partial charge on any atom is -0.215 e. The summed E-state index contributed by atoms with van der Waals surface area (Å²) in [5.74, 6) is 0.278. The summed E-state index contributed by atoms with van der Waals surface area (Å²) in [6.07, 6.45) is 10.2. The van der Waals surface area contributed by atoms with Crippen molar-refractivity contribution < 1.29 is 8.42 Å². The van der Waals surface area contributed by atoms with Crippen molar-refractivity contribution in [2.45, 2.75) is 71.6 Å². The van der Waals surface area contributed by atoms with E-state index >= 15 is 0 Å². The van der Waals surface area contributed by atoms with Crippen molar-refractivity contribution in [3.8, 4) is 0 Å². The van der Waals surface area contributed by atoms with Crippen molar-refractivity contribution >= 4 is 10.0 Å². The Labute approximate surface area is 107 Å². The lowest BCUT2D eigenvalue weighted by Crippen LogP contribution is -2.27. The number of sulfonamides is 1. The first kappa shape index (κ1) is 16.9. The number of hydrogen-bond acceptors (Lipinski definition) is 2. The highest BCUT2D eigenvalue weighted by Crippen LogP contribution is 2.06. The zero-order valence-corrected chi connectivity index (χ0v) is 12.3. The third-order valence-corrected chi connectivity index (χ3v) is 4.34. The molecule has 0 aliphatic heterocycles. The van der Waals surface area contributed by atoms with Crippen molar-refractivity contribution in [1.29, 1.82) is 0 Å². The van der Waals surface area contributed by atoms with Gasteiger partial charge in [0.15, 0.2) is 0 Å². The standard InChI is InChI=1S/C13H29NO2S/c1-3-5-7-8-9-10-11-12-14-17(15,16)13-6-4-2/h14H,3-13H2,1-2H3. The molecule has 4 heteroatoms. The van der Waals surface area contributed by atoms with Crippen molar-refractivity contribution in [3.63, 3.8) is 0 Å². The van der Waals surface area contributed by atoms with Crippen LogP contribution < -0.4 is 4.72 Å². The van der Waals surface area contributed by atoms with Gasteiger partial charge in [-0.15, -0.1) is 0 Å². The van der Waals surface area contributed by atoms with Gasteiger partial charge in [0.1, 0.15) is 0 Å². The van der Waals surface area contributed by atoms with E-state index in [0.29, 0.717) is 6.54 Å². The first-order valence-corrected chi connectivity index (χ1v) is 8.75. The van der Waals surface area contributed by atoms with Gasteiger partial charge < -0.3 is 0 Å². The van der Waals surface area contributed by atoms with Gasteiger partial charge in [0.05, 0.1) is 5.75 Å². The quantitative estimate of drug-likeness (QED) is 0.548. The van der Waals surface area contributed by atoms with Crippen molar-refractivity contribution in [3.05, 3.63) is 0 Å². The van der Waals surface area contributed by atoms with E-state index in [0.717, 1.165) is 25.7 Å². The van der Waals surface area contributed by atoms with Crippen LogP contribution in [0.4, 0.5) is 0 Å². The Hall–Kier alpha value is -0.0900. The Morgan fingerprint density at radius 3 is 1.88 bits per heavy atom. The summed E-state index contributed by atoms with van der Waals surface area (Å²) >= 11 is 0. The highest BCUT2D eigenvalue weighted by Gasteiger charge is 2.07. The van der Waals surface area contributed by atoms with Crippen LogP contribution in [-0.4, -0.2) is 20.7 Å². The van der Waals surface area contributed by atoms with Gasteiger partial charge in [-0.2, -0.15) is 0 Å². The Balaban J connectivity index is 3.32. The molecule has 0 bridgehead atoms. The molecule has 0 rings (SSSR count). The molecule has 0 aromatic heterocycles. The van der Waals surface area contributed by atoms with Crippen LogP contribution in [0.1, 0.15) is 71.6 Å². The predicted molar refractivity (Wildman–Crippen MR) is 74.7 cm³/mol. The molecule has 0 fully saturated rings. The molecular formula is C13H29NO2S. The average molecular weight is 263 g/mol. The average Bonchev–Trinajstić information content (AvgIpc) is 2.30. The van der Waals surface area contributed by atoms with Crippen LogP contribution in [0.3, 0.4) is 0 Å². The van der Waals surface area contributed by atoms with E-state index in [1.807, 2.05) is 6.92 Å². The first-order valence-electron chi connectivity index (χ1n) is 7.09. The number of nitrogens with one attached hydrogen (secondary N) is 1. The van der Waals surface area contributed by atoms with Crippen LogP contribution in [0, 0.1) is 0 Å². The lowest BCUT2D eigenvalue weighted by atomic mass is 10.1. The fraction of sp³-hybridized carbons (Fsp3) is 1.00. The molecule has 0 amide bonds. The van der Waals surface area contributed by atoms with Gasteiger partial charge in [0.2, 0.25) is 10.0 Å². The van der Waals surface area contributed by atoms with Gasteiger partial charge in [0, 0.05) is 6.54 Å². The Morgan fingerprint density at radius 2 is 1.29 bits per heavy atom. The van der Waals surface area contributed by atoms with Crippen LogP contribution in [0.15, 0.2) is 0 Å². The van der Waals surface area contributed by atoms with Gasteiger partial charge in [0.25, 0.3) is 0 Å². The van der Waals surface area contributed by atoms with Gasteiger partial charge in [-0.05, 0) is 12.8 Å². The van der Waals surface area contributed by atoms with Crippen LogP contribution in [0.5, 0.6) is 0 Å². The van der Waals surface area contributed by atoms with Crippen LogP contribution in [-0.2, 0) is 10.0 Å². The maximum absolute atomic E-state index is 11.5. The summed E-state index contributed by atoms with van der Waals surface area (Å²) in [7, 11) is -3.00. The molecule has 0 radical (unpaired) electrons. The lowest BCUT2D eigenvalue weighted by molar-refractivity contribution is 0.561. The molecule has 17 heavy (non-hydrogen) atoms. The summed E-state index contributed by atoms with van der Waals surface area (Å²) in [5, 5.41) is 0. The minimum absolute atomic E-state index is 0.278. The molecule has 3 nitrogen and oxygen atoms in total. The number of hydrogen-bond donors (Lipinski definition) is 1. The topological polar surface area (TPSA) is 46.2 Å². The highest BCUT2D eigenvalue weighted by molar-refractivity contribution is 7.89. The van der Waals surface area contributed by atoms with E-state index in [1.54, 1.807) is 0 Å². The predicted octanol–water partition coefficient (Wildman–Crippen LogP) is 3.46. The molecule has 0 atom stereocenters. The second-order valence-corrected chi connectivity index (χ2v) is 6.61. The SMILES string of the molecule is CCCCCCCCCNS(=O)(=O)CCCC. The lowest BCUT2D eigenvalue weighted by Gasteiger charge is -2.05. The first-order chi connectivity index (χ1) is 8.12. The van der Waals surface area contributed by atoms with E-state index < -0.39 is 10.0 Å². The largest absolute Gasteiger partial charge is 0.215 e. The van der Waals surface area contributed by atoms with Crippen molar-refractivity contribution in [2.24, 2.45) is 0 Å². The summed E-state index contributed by atoms with van der Waals surface area (Å²) < 4.78 is 25.6. The second kappa shape index (κ2) is 11.0. The summed E-state index contributed by atoms with van der Waals surface area (Å²) in [4.78, 5) is 0. The minimum atomic E-state index is -3.00. The summed E-state index contributed by atoms with van der Waals surface area (Å²) in [6.45, 7) is 4.83. The van der Waals surface area contributed by atoms with Gasteiger partial charge >= 0.3 is 0 Å². The molecule has 0 saturated carbocycles. The normalized spacial score (nSPS) is 11.9. The van der Waals surface area contributed by atoms with E-state index in [4.69, 9.17) is 0 Å². The molecule has 104 valence electrons. The fourth-order valence-electron chi connectivity index (χ4n) is 1.72. The molecule has 0 spiro atoms. The maximum atomic E-state index is 11.5. The molecule has 0 aliphatic carbocycles. The maximum Gasteiger partial charge on any atom is 0.211 e. The van der Waals surface area contributed by atoms with Crippen molar-refractivity contribution in [1.82, 2.24) is 4.72 Å². The number of unbranched alkanes of at least 4 members (excludes halogenated alkanes) is 7. The molecule has 1 N–H and O–H groups in total. The van der Waals surface area contributed by atoms with Gasteiger partial charge in [-0.25, -0.2) is 13.1 Å². The van der Waals surface area contributed by atoms with E-state index in [9.17, 15) is 8.42 Å². The summed E-state index contributed by atoms with van der Waals surface area (Å²) in [5.41, 5.74) is 0. The van der Waals surface area contributed by atoms with Gasteiger partial charge in [-0.1, -0.05) is 58.8 Å². The smallest absolute Gasteiger partial charge is 0.211 e. The Morgan fingerprint density at radius 1 is 0.765 bits per heavy atom. The van der Waals surface area contributed by atoms with Gasteiger partial charge in [-0.3, -0.25) is 0 Å². The molecule has 0 aromatic rings. The molecule has 0 saturated heterocycles. The molecule has 0 heterocycles. The van der Waals surface area contributed by atoms with E-state index in [1.165, 1.54) is 32.1 Å². The third-order valence-electron chi connectivity index (χ3n) is 2.87. The van der Waals surface area contributed by atoms with E-state index in [2.05, 4.69) is 11.6 Å². The van der Waals surface area contributed by atoms with Crippen LogP contribution >= 0.6 is 0 Å². The third kappa shape index (κ3) is 12.2. The zero-order chi connectivity index (χ0) is 13.0. The van der Waals surface area contributed by atoms with Crippen molar-refractivity contribution in [2.75, 3.05) is 12.3 Å². The molecule has 0 aromatic carbocycles. The Bertz CT molecular complexity index is 250. The zero-order valence-electron chi connectivity index (χ0n) is 11.5. The summed E-state index contributed by atoms with van der Waals surface area (Å²) in [6, 6.07) is 0. The van der Waals surface area contributed by atoms with E-state index in [-0.39, 0.29) is 5.75 Å². The molecular weight excluding hydrogens is 234 g/mol. The van der Waals surface area contributed by atoms with Crippen LogP contribution in [0.2, 0.25) is 0 Å². The Kier molecular flexibility index (Phi) is 11.0. The second-order valence-electron chi connectivity index (χ2n) is 4.69.